The highest BCUT2D eigenvalue weighted by atomic mass is 32.1. The second-order valence-corrected chi connectivity index (χ2v) is 5.95. The van der Waals surface area contributed by atoms with E-state index in [0.717, 1.165) is 16.9 Å². The van der Waals surface area contributed by atoms with Crippen molar-refractivity contribution in [2.45, 2.75) is 19.8 Å². The number of carbonyl (C=O) groups is 2. The molecule has 23 heavy (non-hydrogen) atoms. The van der Waals surface area contributed by atoms with E-state index < -0.39 is 5.97 Å². The number of methoxy groups -OCH3 is 1. The molecule has 0 radical (unpaired) electrons. The number of carboxylic acids is 1. The van der Waals surface area contributed by atoms with E-state index in [1.54, 1.807) is 7.11 Å². The molecular weight excluding hydrogens is 316 g/mol. The van der Waals surface area contributed by atoms with Crippen molar-refractivity contribution in [3.05, 3.63) is 45.4 Å². The number of aromatic nitrogens is 1. The minimum Gasteiger partial charge on any atom is -0.496 e. The van der Waals surface area contributed by atoms with Crippen LogP contribution in [0.2, 0.25) is 0 Å². The molecule has 0 fully saturated rings. The van der Waals surface area contributed by atoms with Crippen LogP contribution >= 0.6 is 11.3 Å². The van der Waals surface area contributed by atoms with Crippen molar-refractivity contribution in [1.29, 1.82) is 0 Å². The summed E-state index contributed by atoms with van der Waals surface area (Å²) in [6.45, 7) is 2.37. The first-order chi connectivity index (χ1) is 11.0. The molecule has 7 heteroatoms. The molecule has 1 aromatic carbocycles. The number of thiazole rings is 1. The van der Waals surface area contributed by atoms with Crippen molar-refractivity contribution < 1.29 is 19.4 Å². The van der Waals surface area contributed by atoms with E-state index in [0.29, 0.717) is 18.0 Å². The van der Waals surface area contributed by atoms with Gasteiger partial charge in [0.25, 0.3) is 0 Å². The number of nitrogens with one attached hydrogen (secondary N) is 1. The minimum atomic E-state index is -1.04. The quantitative estimate of drug-likeness (QED) is 0.809. The van der Waals surface area contributed by atoms with E-state index in [2.05, 4.69) is 10.3 Å². The van der Waals surface area contributed by atoms with Crippen molar-refractivity contribution in [2.75, 3.05) is 13.7 Å². The Morgan fingerprint density at radius 2 is 2.17 bits per heavy atom. The molecule has 0 atom stereocenters. The zero-order valence-electron chi connectivity index (χ0n) is 13.0. The molecule has 0 saturated carbocycles. The normalized spacial score (nSPS) is 10.3. The largest absolute Gasteiger partial charge is 0.496 e. The van der Waals surface area contributed by atoms with Crippen molar-refractivity contribution in [2.24, 2.45) is 0 Å². The number of benzene rings is 1. The molecule has 1 heterocycles. The average Bonchev–Trinajstić information content (AvgIpc) is 2.98. The van der Waals surface area contributed by atoms with Gasteiger partial charge >= 0.3 is 5.97 Å². The van der Waals surface area contributed by atoms with Crippen LogP contribution in [0.25, 0.3) is 0 Å². The molecule has 0 unspecified atom stereocenters. The van der Waals surface area contributed by atoms with Crippen molar-refractivity contribution >= 4 is 23.2 Å². The topological polar surface area (TPSA) is 88.5 Å². The molecule has 1 aromatic heterocycles. The zero-order valence-corrected chi connectivity index (χ0v) is 13.8. The number of aryl methyl sites for hydroxylation is 1. The highest BCUT2D eigenvalue weighted by Gasteiger charge is 2.09. The van der Waals surface area contributed by atoms with E-state index >= 15 is 0 Å². The Morgan fingerprint density at radius 1 is 1.39 bits per heavy atom. The Kier molecular flexibility index (Phi) is 5.70. The highest BCUT2D eigenvalue weighted by molar-refractivity contribution is 7.09. The molecule has 2 rings (SSSR count). The summed E-state index contributed by atoms with van der Waals surface area (Å²) in [6, 6.07) is 5.68. The molecular formula is C16H18N2O4S. The van der Waals surface area contributed by atoms with Gasteiger partial charge in [-0.1, -0.05) is 12.1 Å². The number of hydrogen-bond acceptors (Lipinski definition) is 5. The number of carboxylic acid groups (broad SMARTS) is 1. The van der Waals surface area contributed by atoms with Crippen LogP contribution in [0.1, 0.15) is 26.6 Å². The van der Waals surface area contributed by atoms with Gasteiger partial charge in [-0.25, -0.2) is 9.78 Å². The third-order valence-corrected chi connectivity index (χ3v) is 4.18. The number of hydrogen-bond donors (Lipinski definition) is 2. The summed E-state index contributed by atoms with van der Waals surface area (Å²) in [4.78, 5) is 26.7. The van der Waals surface area contributed by atoms with Crippen LogP contribution in [0, 0.1) is 6.92 Å². The fraction of sp³-hybridized carbons (Fsp3) is 0.312. The van der Waals surface area contributed by atoms with Crippen molar-refractivity contribution in [3.8, 4) is 5.75 Å². The number of aromatic carboxylic acids is 1. The lowest BCUT2D eigenvalue weighted by Crippen LogP contribution is -2.27. The fourth-order valence-electron chi connectivity index (χ4n) is 2.06. The summed E-state index contributed by atoms with van der Waals surface area (Å²) >= 11 is 1.28. The lowest BCUT2D eigenvalue weighted by Gasteiger charge is -2.08. The SMILES string of the molecule is COc1cc(CC(=O)NCCc2nc(C(=O)O)cs2)ccc1C. The zero-order chi connectivity index (χ0) is 16.8. The second-order valence-electron chi connectivity index (χ2n) is 5.01. The summed E-state index contributed by atoms with van der Waals surface area (Å²) in [5.41, 5.74) is 1.95. The van der Waals surface area contributed by atoms with Crippen LogP contribution in [0.4, 0.5) is 0 Å². The maximum atomic E-state index is 11.9. The second kappa shape index (κ2) is 7.73. The third-order valence-electron chi connectivity index (χ3n) is 3.27. The van der Waals surface area contributed by atoms with E-state index in [1.165, 1.54) is 16.7 Å². The Bertz CT molecular complexity index is 712. The fourth-order valence-corrected chi connectivity index (χ4v) is 2.83. The Labute approximate surface area is 138 Å². The third kappa shape index (κ3) is 4.79. The smallest absolute Gasteiger partial charge is 0.355 e. The summed E-state index contributed by atoms with van der Waals surface area (Å²) in [6.07, 6.45) is 0.787. The molecule has 2 N–H and O–H groups in total. The lowest BCUT2D eigenvalue weighted by molar-refractivity contribution is -0.120. The predicted octanol–water partition coefficient (Wildman–Crippen LogP) is 2.06. The van der Waals surface area contributed by atoms with Crippen LogP contribution in [0.3, 0.4) is 0 Å². The number of ether oxygens (including phenoxy) is 1. The maximum absolute atomic E-state index is 11.9. The van der Waals surface area contributed by atoms with Crippen LogP contribution in [-0.4, -0.2) is 35.6 Å². The minimum absolute atomic E-state index is 0.0445. The van der Waals surface area contributed by atoms with Crippen LogP contribution in [0.15, 0.2) is 23.6 Å². The monoisotopic (exact) mass is 334 g/mol. The van der Waals surface area contributed by atoms with Gasteiger partial charge in [0.1, 0.15) is 5.75 Å². The Balaban J connectivity index is 1.81. The van der Waals surface area contributed by atoms with Gasteiger partial charge in [0.05, 0.1) is 18.5 Å². The van der Waals surface area contributed by atoms with E-state index in [1.807, 2.05) is 25.1 Å². The molecule has 0 saturated heterocycles. The van der Waals surface area contributed by atoms with Gasteiger partial charge < -0.3 is 15.2 Å². The van der Waals surface area contributed by atoms with E-state index in [4.69, 9.17) is 9.84 Å². The highest BCUT2D eigenvalue weighted by Crippen LogP contribution is 2.19. The molecule has 0 spiro atoms. The summed E-state index contributed by atoms with van der Waals surface area (Å²) in [5.74, 6) is -0.366. The van der Waals surface area contributed by atoms with Gasteiger partial charge in [-0.2, -0.15) is 0 Å². The molecule has 1 amide bonds. The molecule has 0 aliphatic carbocycles. The molecule has 122 valence electrons. The number of amides is 1. The molecule has 2 aromatic rings. The maximum Gasteiger partial charge on any atom is 0.355 e. The number of rotatable bonds is 7. The van der Waals surface area contributed by atoms with Gasteiger partial charge in [0.15, 0.2) is 5.69 Å². The van der Waals surface area contributed by atoms with Crippen molar-refractivity contribution in [1.82, 2.24) is 10.3 Å². The first-order valence-corrected chi connectivity index (χ1v) is 7.95. The molecule has 0 bridgehead atoms. The molecule has 0 aliphatic heterocycles. The first-order valence-electron chi connectivity index (χ1n) is 7.07. The van der Waals surface area contributed by atoms with Gasteiger partial charge in [-0.15, -0.1) is 11.3 Å². The summed E-state index contributed by atoms with van der Waals surface area (Å²) < 4.78 is 5.24. The molecule has 6 nitrogen and oxygen atoms in total. The molecule has 0 aliphatic rings. The van der Waals surface area contributed by atoms with Crippen molar-refractivity contribution in [3.63, 3.8) is 0 Å². The Hall–Kier alpha value is -2.41. The van der Waals surface area contributed by atoms with E-state index in [-0.39, 0.29) is 18.0 Å². The predicted molar refractivity (Wildman–Crippen MR) is 87.2 cm³/mol. The van der Waals surface area contributed by atoms with E-state index in [9.17, 15) is 9.59 Å². The summed E-state index contributed by atoms with van der Waals surface area (Å²) in [7, 11) is 1.60. The number of nitrogens with zero attached hydrogens (tertiary/aromatic N) is 1. The van der Waals surface area contributed by atoms with Gasteiger partial charge in [0.2, 0.25) is 5.91 Å². The van der Waals surface area contributed by atoms with Gasteiger partial charge in [-0.3, -0.25) is 4.79 Å². The van der Waals surface area contributed by atoms with Gasteiger partial charge in [0, 0.05) is 18.3 Å². The first kappa shape index (κ1) is 17.0. The standard InChI is InChI=1S/C16H18N2O4S/c1-10-3-4-11(7-13(10)22-2)8-14(19)17-6-5-15-18-12(9-23-15)16(20)21/h3-4,7,9H,5-6,8H2,1-2H3,(H,17,19)(H,20,21). The lowest BCUT2D eigenvalue weighted by atomic mass is 10.1. The van der Waals surface area contributed by atoms with Crippen LogP contribution in [-0.2, 0) is 17.6 Å². The van der Waals surface area contributed by atoms with Crippen LogP contribution in [0.5, 0.6) is 5.75 Å². The summed E-state index contributed by atoms with van der Waals surface area (Å²) in [5, 5.41) is 13.8. The average molecular weight is 334 g/mol. The Morgan fingerprint density at radius 3 is 2.83 bits per heavy atom. The number of carbonyl (C=O) groups excluding carboxylic acids is 1. The van der Waals surface area contributed by atoms with Gasteiger partial charge in [-0.05, 0) is 24.1 Å². The van der Waals surface area contributed by atoms with Crippen LogP contribution < -0.4 is 10.1 Å².